The highest BCUT2D eigenvalue weighted by molar-refractivity contribution is 5.85. The number of aromatic amines is 1. The van der Waals surface area contributed by atoms with Crippen molar-refractivity contribution in [3.8, 4) is 0 Å². The van der Waals surface area contributed by atoms with Gasteiger partial charge < -0.3 is 9.88 Å². The van der Waals surface area contributed by atoms with Crippen molar-refractivity contribution < 1.29 is 0 Å². The van der Waals surface area contributed by atoms with Gasteiger partial charge in [-0.25, -0.2) is 4.68 Å². The summed E-state index contributed by atoms with van der Waals surface area (Å²) in [5, 5.41) is 14.3. The molecule has 39 heavy (non-hydrogen) atoms. The highest BCUT2D eigenvalue weighted by Gasteiger charge is 2.34. The minimum absolute atomic E-state index is 0.0589. The van der Waals surface area contributed by atoms with Crippen molar-refractivity contribution in [2.75, 3.05) is 31.1 Å². The average Bonchev–Trinajstić information content (AvgIpc) is 3.43. The van der Waals surface area contributed by atoms with E-state index in [9.17, 15) is 4.79 Å². The number of H-pyrrole nitrogens is 1. The summed E-state index contributed by atoms with van der Waals surface area (Å²) >= 11 is 0. The van der Waals surface area contributed by atoms with E-state index in [0.29, 0.717) is 0 Å². The Bertz CT molecular complexity index is 1540. The predicted octanol–water partition coefficient (Wildman–Crippen LogP) is 5.17. The Balaban J connectivity index is 1.41. The summed E-state index contributed by atoms with van der Waals surface area (Å²) in [5.74, 6) is 0.789. The number of rotatable bonds is 5. The number of aromatic nitrogens is 5. The Morgan fingerprint density at radius 3 is 2.36 bits per heavy atom. The summed E-state index contributed by atoms with van der Waals surface area (Å²) in [5.41, 5.74) is 7.67. The van der Waals surface area contributed by atoms with Crippen LogP contribution in [0.15, 0.2) is 41.2 Å². The van der Waals surface area contributed by atoms with E-state index >= 15 is 0 Å². The molecule has 0 amide bonds. The molecule has 2 aromatic heterocycles. The normalized spacial score (nSPS) is 18.1. The number of pyridine rings is 1. The monoisotopic (exact) mass is 525 g/mol. The van der Waals surface area contributed by atoms with Gasteiger partial charge in [0.2, 0.25) is 0 Å². The smallest absolute Gasteiger partial charge is 0.253 e. The van der Waals surface area contributed by atoms with Gasteiger partial charge in [0.15, 0.2) is 5.82 Å². The maximum atomic E-state index is 13.8. The quantitative estimate of drug-likeness (QED) is 0.387. The summed E-state index contributed by atoms with van der Waals surface area (Å²) < 4.78 is 2.04. The van der Waals surface area contributed by atoms with Crippen LogP contribution < -0.4 is 10.5 Å². The zero-order valence-electron chi connectivity index (χ0n) is 23.6. The first-order valence-electron chi connectivity index (χ1n) is 14.4. The Morgan fingerprint density at radius 1 is 0.872 bits per heavy atom. The first kappa shape index (κ1) is 25.7. The number of hydrogen-bond donors (Lipinski definition) is 1. The number of benzene rings is 2. The molecule has 2 fully saturated rings. The Kier molecular flexibility index (Phi) is 6.97. The molecule has 4 aromatic rings. The van der Waals surface area contributed by atoms with E-state index in [1.165, 1.54) is 36.1 Å². The van der Waals surface area contributed by atoms with Crippen LogP contribution in [0.5, 0.6) is 0 Å². The van der Waals surface area contributed by atoms with Crippen LogP contribution in [0.25, 0.3) is 10.9 Å². The van der Waals surface area contributed by atoms with Crippen LogP contribution in [0.4, 0.5) is 5.69 Å². The highest BCUT2D eigenvalue weighted by atomic mass is 16.1. The second-order valence-electron chi connectivity index (χ2n) is 11.5. The molecule has 2 aliphatic rings. The summed E-state index contributed by atoms with van der Waals surface area (Å²) in [6.07, 6.45) is 5.81. The third kappa shape index (κ3) is 4.86. The molecular formula is C31H39N7O. The number of nitrogens with one attached hydrogen (secondary N) is 1. The summed E-state index contributed by atoms with van der Waals surface area (Å²) in [7, 11) is 0. The van der Waals surface area contributed by atoms with Crippen molar-refractivity contribution in [3.05, 3.63) is 80.4 Å². The van der Waals surface area contributed by atoms with Crippen LogP contribution in [0.3, 0.4) is 0 Å². The van der Waals surface area contributed by atoms with Crippen LogP contribution in [0.1, 0.15) is 77.8 Å². The van der Waals surface area contributed by atoms with E-state index in [4.69, 9.17) is 0 Å². The van der Waals surface area contributed by atoms with Gasteiger partial charge in [-0.2, -0.15) is 0 Å². The summed E-state index contributed by atoms with van der Waals surface area (Å²) in [6.45, 7) is 11.9. The standard InChI is InChI=1S/C31H39N7O/c1-20-10-11-22(3)27(18-20)36-14-16-37(17-15-36)29(30-33-34-35-38(30)24-8-6-5-7-9-24)26-19-25-21(2)12-13-23(4)28(25)32-31(26)39/h10-13,18-19,24,29H,5-9,14-17H2,1-4H3,(H,32,39)/t29-/m0/s1. The molecular weight excluding hydrogens is 486 g/mol. The third-order valence-corrected chi connectivity index (χ3v) is 8.84. The predicted molar refractivity (Wildman–Crippen MR) is 156 cm³/mol. The minimum atomic E-state index is -0.309. The van der Waals surface area contributed by atoms with Crippen LogP contribution in [-0.2, 0) is 0 Å². The van der Waals surface area contributed by atoms with Gasteiger partial charge >= 0.3 is 0 Å². The Labute approximate surface area is 230 Å². The van der Waals surface area contributed by atoms with Crippen LogP contribution in [-0.4, -0.2) is 56.3 Å². The molecule has 6 rings (SSSR count). The lowest BCUT2D eigenvalue weighted by molar-refractivity contribution is 0.192. The SMILES string of the molecule is Cc1ccc(C)c(N2CCN([C@@H](c3cc4c(C)ccc(C)c4[nH]c3=O)c3nnnn3C3CCCCC3)CC2)c1. The Morgan fingerprint density at radius 2 is 1.59 bits per heavy atom. The number of piperazine rings is 1. The number of anilines is 1. The lowest BCUT2D eigenvalue weighted by Gasteiger charge is -2.40. The van der Waals surface area contributed by atoms with E-state index in [-0.39, 0.29) is 17.6 Å². The molecule has 1 aliphatic heterocycles. The molecule has 2 aromatic carbocycles. The first-order valence-corrected chi connectivity index (χ1v) is 14.4. The maximum absolute atomic E-state index is 13.8. The average molecular weight is 526 g/mol. The largest absolute Gasteiger partial charge is 0.369 e. The number of fused-ring (bicyclic) bond motifs is 1. The Hall–Kier alpha value is -3.52. The van der Waals surface area contributed by atoms with Gasteiger partial charge in [0.05, 0.1) is 11.6 Å². The summed E-state index contributed by atoms with van der Waals surface area (Å²) in [4.78, 5) is 21.9. The fraction of sp³-hybridized carbons (Fsp3) is 0.484. The zero-order chi connectivity index (χ0) is 27.1. The molecule has 8 heteroatoms. The van der Waals surface area contributed by atoms with Gasteiger partial charge in [-0.1, -0.05) is 43.5 Å². The molecule has 0 radical (unpaired) electrons. The number of tetrazole rings is 1. The van der Waals surface area contributed by atoms with E-state index in [1.54, 1.807) is 0 Å². The van der Waals surface area contributed by atoms with Crippen molar-refractivity contribution in [1.82, 2.24) is 30.1 Å². The van der Waals surface area contributed by atoms with Crippen molar-refractivity contribution >= 4 is 16.6 Å². The molecule has 1 saturated heterocycles. The first-order chi connectivity index (χ1) is 18.9. The highest BCUT2D eigenvalue weighted by Crippen LogP contribution is 2.34. The van der Waals surface area contributed by atoms with E-state index in [0.717, 1.165) is 72.4 Å². The number of aryl methyl sites for hydroxylation is 4. The lowest BCUT2D eigenvalue weighted by atomic mass is 9.94. The molecule has 1 atom stereocenters. The van der Waals surface area contributed by atoms with Crippen molar-refractivity contribution in [2.24, 2.45) is 0 Å². The van der Waals surface area contributed by atoms with Gasteiger partial charge in [-0.3, -0.25) is 9.69 Å². The number of hydrogen-bond acceptors (Lipinski definition) is 6. The fourth-order valence-corrected chi connectivity index (χ4v) is 6.54. The molecule has 0 spiro atoms. The summed E-state index contributed by atoms with van der Waals surface area (Å²) in [6, 6.07) is 12.9. The molecule has 204 valence electrons. The van der Waals surface area contributed by atoms with Gasteiger partial charge in [0.1, 0.15) is 6.04 Å². The van der Waals surface area contributed by atoms with Gasteiger partial charge in [-0.15, -0.1) is 5.10 Å². The zero-order valence-corrected chi connectivity index (χ0v) is 23.6. The molecule has 0 bridgehead atoms. The molecule has 1 aliphatic carbocycles. The van der Waals surface area contributed by atoms with Gasteiger partial charge in [0, 0.05) is 42.8 Å². The van der Waals surface area contributed by atoms with Crippen molar-refractivity contribution in [1.29, 1.82) is 0 Å². The second kappa shape index (κ2) is 10.6. The molecule has 1 saturated carbocycles. The van der Waals surface area contributed by atoms with Crippen molar-refractivity contribution in [3.63, 3.8) is 0 Å². The molecule has 3 heterocycles. The van der Waals surface area contributed by atoms with Crippen LogP contribution in [0, 0.1) is 27.7 Å². The maximum Gasteiger partial charge on any atom is 0.253 e. The molecule has 0 unspecified atom stereocenters. The number of nitrogens with zero attached hydrogens (tertiary/aromatic N) is 6. The fourth-order valence-electron chi connectivity index (χ4n) is 6.54. The van der Waals surface area contributed by atoms with Gasteiger partial charge in [0.25, 0.3) is 5.56 Å². The van der Waals surface area contributed by atoms with E-state index in [2.05, 4.69) is 87.5 Å². The van der Waals surface area contributed by atoms with Crippen LogP contribution in [0.2, 0.25) is 0 Å². The van der Waals surface area contributed by atoms with Gasteiger partial charge in [-0.05, 0) is 85.3 Å². The molecule has 8 nitrogen and oxygen atoms in total. The van der Waals surface area contributed by atoms with Crippen molar-refractivity contribution in [2.45, 2.75) is 71.9 Å². The third-order valence-electron chi connectivity index (χ3n) is 8.84. The van der Waals surface area contributed by atoms with Crippen LogP contribution >= 0.6 is 0 Å². The topological polar surface area (TPSA) is 82.9 Å². The van der Waals surface area contributed by atoms with E-state index < -0.39 is 0 Å². The van der Waals surface area contributed by atoms with E-state index in [1.807, 2.05) is 11.6 Å². The molecule has 1 N–H and O–H groups in total. The minimum Gasteiger partial charge on any atom is -0.369 e. The second-order valence-corrected chi connectivity index (χ2v) is 11.5. The lowest BCUT2D eigenvalue weighted by Crippen LogP contribution is -2.49.